The number of nitrogens with zero attached hydrogens (tertiary/aromatic N) is 2. The fourth-order valence-corrected chi connectivity index (χ4v) is 2.03. The number of carbonyl (C=O) groups excluding carboxylic acids is 2. The second-order valence-corrected chi connectivity index (χ2v) is 5.03. The van der Waals surface area contributed by atoms with Gasteiger partial charge < -0.3 is 5.32 Å². The van der Waals surface area contributed by atoms with E-state index in [-0.39, 0.29) is 11.8 Å². The van der Waals surface area contributed by atoms with E-state index in [9.17, 15) is 9.59 Å². The molecule has 2 rings (SSSR count). The van der Waals surface area contributed by atoms with Crippen LogP contribution in [0.4, 0.5) is 0 Å². The van der Waals surface area contributed by atoms with Crippen LogP contribution >= 0.6 is 11.6 Å². The van der Waals surface area contributed by atoms with Gasteiger partial charge >= 0.3 is 0 Å². The summed E-state index contributed by atoms with van der Waals surface area (Å²) in [4.78, 5) is 23.2. The van der Waals surface area contributed by atoms with Gasteiger partial charge in [-0.2, -0.15) is 5.10 Å². The monoisotopic (exact) mass is 293 g/mol. The van der Waals surface area contributed by atoms with Gasteiger partial charge in [-0.25, -0.2) is 5.01 Å². The van der Waals surface area contributed by atoms with E-state index >= 15 is 0 Å². The molecule has 2 amide bonds. The fraction of sp³-hybridized carbons (Fsp3) is 0.357. The molecule has 1 aromatic rings. The van der Waals surface area contributed by atoms with Crippen molar-refractivity contribution in [2.75, 3.05) is 13.6 Å². The van der Waals surface area contributed by atoms with E-state index in [1.807, 2.05) is 24.3 Å². The van der Waals surface area contributed by atoms with Crippen LogP contribution < -0.4 is 5.32 Å². The maximum Gasteiger partial charge on any atom is 0.267 e. The molecular weight excluding hydrogens is 278 g/mol. The Hall–Kier alpha value is -1.88. The minimum Gasteiger partial charge on any atom is -0.351 e. The Morgan fingerprint density at radius 2 is 2.05 bits per heavy atom. The van der Waals surface area contributed by atoms with Gasteiger partial charge in [0.15, 0.2) is 0 Å². The minimum absolute atomic E-state index is 0.0669. The second-order valence-electron chi connectivity index (χ2n) is 4.60. The predicted octanol–water partition coefficient (Wildman–Crippen LogP) is 1.61. The molecule has 0 saturated carbocycles. The van der Waals surface area contributed by atoms with Gasteiger partial charge in [0, 0.05) is 31.5 Å². The first-order chi connectivity index (χ1) is 9.56. The molecule has 1 aromatic carbocycles. The molecule has 6 heteroatoms. The maximum absolute atomic E-state index is 11.9. The molecule has 0 aromatic heterocycles. The summed E-state index contributed by atoms with van der Waals surface area (Å²) >= 11 is 5.81. The van der Waals surface area contributed by atoms with Crippen molar-refractivity contribution in [2.24, 2.45) is 5.10 Å². The summed E-state index contributed by atoms with van der Waals surface area (Å²) in [5.74, 6) is -0.277. The zero-order valence-electron chi connectivity index (χ0n) is 11.2. The molecule has 0 spiro atoms. The summed E-state index contributed by atoms with van der Waals surface area (Å²) < 4.78 is 0. The van der Waals surface area contributed by atoms with E-state index in [0.29, 0.717) is 30.1 Å². The van der Waals surface area contributed by atoms with Crippen LogP contribution in [-0.2, 0) is 16.0 Å². The first-order valence-electron chi connectivity index (χ1n) is 6.43. The lowest BCUT2D eigenvalue weighted by Gasteiger charge is -2.18. The number of hydrazone groups is 1. The third-order valence-corrected chi connectivity index (χ3v) is 3.33. The Labute approximate surface area is 122 Å². The van der Waals surface area contributed by atoms with Crippen molar-refractivity contribution in [1.29, 1.82) is 0 Å². The van der Waals surface area contributed by atoms with Gasteiger partial charge in [-0.1, -0.05) is 23.7 Å². The quantitative estimate of drug-likeness (QED) is 0.917. The molecule has 0 unspecified atom stereocenters. The molecule has 1 heterocycles. The second kappa shape index (κ2) is 6.52. The van der Waals surface area contributed by atoms with Gasteiger partial charge in [0.2, 0.25) is 5.91 Å². The molecule has 1 N–H and O–H groups in total. The maximum atomic E-state index is 11.9. The summed E-state index contributed by atoms with van der Waals surface area (Å²) in [6, 6.07) is 7.51. The Kier molecular flexibility index (Phi) is 4.74. The Bertz CT molecular complexity index is 540. The minimum atomic E-state index is -0.210. The normalized spacial score (nSPS) is 15.0. The lowest BCUT2D eigenvalue weighted by atomic mass is 10.1. The van der Waals surface area contributed by atoms with Crippen LogP contribution in [0.2, 0.25) is 5.02 Å². The van der Waals surface area contributed by atoms with Gasteiger partial charge in [0.1, 0.15) is 5.71 Å². The number of hydrogen-bond acceptors (Lipinski definition) is 3. The first kappa shape index (κ1) is 14.5. The molecule has 106 valence electrons. The molecule has 0 saturated heterocycles. The van der Waals surface area contributed by atoms with Crippen molar-refractivity contribution < 1.29 is 9.59 Å². The number of benzene rings is 1. The lowest BCUT2D eigenvalue weighted by Crippen LogP contribution is -2.38. The van der Waals surface area contributed by atoms with Crippen molar-refractivity contribution >= 4 is 29.1 Å². The van der Waals surface area contributed by atoms with Crippen LogP contribution in [0, 0.1) is 0 Å². The SMILES string of the molecule is CN1N=C(C(=O)NCCc2ccc(Cl)cc2)CCC1=O. The molecule has 1 aliphatic rings. The van der Waals surface area contributed by atoms with Crippen molar-refractivity contribution in [1.82, 2.24) is 10.3 Å². The van der Waals surface area contributed by atoms with Crippen LogP contribution in [0.3, 0.4) is 0 Å². The number of halogens is 1. The average molecular weight is 294 g/mol. The average Bonchev–Trinajstić information content (AvgIpc) is 2.44. The van der Waals surface area contributed by atoms with Gasteiger partial charge in [-0.3, -0.25) is 9.59 Å². The molecule has 0 aliphatic carbocycles. The molecular formula is C14H16ClN3O2. The summed E-state index contributed by atoms with van der Waals surface area (Å²) in [6.45, 7) is 0.525. The highest BCUT2D eigenvalue weighted by Gasteiger charge is 2.21. The third kappa shape index (κ3) is 3.81. The van der Waals surface area contributed by atoms with Gasteiger partial charge in [0.05, 0.1) is 0 Å². The van der Waals surface area contributed by atoms with Gasteiger partial charge in [0.25, 0.3) is 5.91 Å². The number of carbonyl (C=O) groups is 2. The highest BCUT2D eigenvalue weighted by atomic mass is 35.5. The lowest BCUT2D eigenvalue weighted by molar-refractivity contribution is -0.130. The summed E-state index contributed by atoms with van der Waals surface area (Å²) in [5.41, 5.74) is 1.51. The number of amides is 2. The van der Waals surface area contributed by atoms with Crippen molar-refractivity contribution in [3.8, 4) is 0 Å². The summed E-state index contributed by atoms with van der Waals surface area (Å²) in [7, 11) is 1.56. The van der Waals surface area contributed by atoms with Crippen LogP contribution in [0.5, 0.6) is 0 Å². The van der Waals surface area contributed by atoms with Crippen molar-refractivity contribution in [2.45, 2.75) is 19.3 Å². The first-order valence-corrected chi connectivity index (χ1v) is 6.81. The van der Waals surface area contributed by atoms with E-state index in [1.165, 1.54) is 5.01 Å². The zero-order chi connectivity index (χ0) is 14.5. The van der Waals surface area contributed by atoms with Crippen LogP contribution in [0.1, 0.15) is 18.4 Å². The van der Waals surface area contributed by atoms with E-state index < -0.39 is 0 Å². The van der Waals surface area contributed by atoms with E-state index in [0.717, 1.165) is 12.0 Å². The Morgan fingerprint density at radius 3 is 2.70 bits per heavy atom. The topological polar surface area (TPSA) is 61.8 Å². The number of rotatable bonds is 4. The zero-order valence-corrected chi connectivity index (χ0v) is 12.0. The van der Waals surface area contributed by atoms with Crippen molar-refractivity contribution in [3.63, 3.8) is 0 Å². The van der Waals surface area contributed by atoms with E-state index in [1.54, 1.807) is 7.05 Å². The van der Waals surface area contributed by atoms with Crippen LogP contribution in [-0.4, -0.2) is 36.1 Å². The summed E-state index contributed by atoms with van der Waals surface area (Å²) in [6.07, 6.45) is 1.46. The highest BCUT2D eigenvalue weighted by Crippen LogP contribution is 2.10. The van der Waals surface area contributed by atoms with Gasteiger partial charge in [-0.05, 0) is 24.1 Å². The molecule has 5 nitrogen and oxygen atoms in total. The van der Waals surface area contributed by atoms with Crippen molar-refractivity contribution in [3.05, 3.63) is 34.9 Å². The number of nitrogens with one attached hydrogen (secondary N) is 1. The van der Waals surface area contributed by atoms with E-state index in [2.05, 4.69) is 10.4 Å². The number of hydrogen-bond donors (Lipinski definition) is 1. The highest BCUT2D eigenvalue weighted by molar-refractivity contribution is 6.39. The van der Waals surface area contributed by atoms with Crippen LogP contribution in [0.15, 0.2) is 29.4 Å². The summed E-state index contributed by atoms with van der Waals surface area (Å²) in [5, 5.41) is 8.70. The predicted molar refractivity (Wildman–Crippen MR) is 77.6 cm³/mol. The smallest absolute Gasteiger partial charge is 0.267 e. The van der Waals surface area contributed by atoms with Gasteiger partial charge in [-0.15, -0.1) is 0 Å². The molecule has 0 atom stereocenters. The van der Waals surface area contributed by atoms with Crippen LogP contribution in [0.25, 0.3) is 0 Å². The van der Waals surface area contributed by atoms with E-state index in [4.69, 9.17) is 11.6 Å². The Morgan fingerprint density at radius 1 is 1.35 bits per heavy atom. The largest absolute Gasteiger partial charge is 0.351 e. The molecule has 1 aliphatic heterocycles. The fourth-order valence-electron chi connectivity index (χ4n) is 1.91. The third-order valence-electron chi connectivity index (χ3n) is 3.08. The standard InChI is InChI=1S/C14H16ClN3O2/c1-18-13(19)7-6-12(17-18)14(20)16-9-8-10-2-4-11(15)5-3-10/h2-5H,6-9H2,1H3,(H,16,20). The Balaban J connectivity index is 1.82. The molecule has 20 heavy (non-hydrogen) atoms. The molecule has 0 fully saturated rings. The molecule has 0 radical (unpaired) electrons. The molecule has 0 bridgehead atoms.